The number of hydrogen-bond donors (Lipinski definition) is 0. The van der Waals surface area contributed by atoms with Crippen molar-refractivity contribution in [3.8, 4) is 11.8 Å². The van der Waals surface area contributed by atoms with Crippen LogP contribution in [0.5, 0.6) is 5.75 Å². The van der Waals surface area contributed by atoms with Gasteiger partial charge in [-0.3, -0.25) is 0 Å². The Morgan fingerprint density at radius 1 is 1.67 bits per heavy atom. The molecule has 0 bridgehead atoms. The highest BCUT2D eigenvalue weighted by molar-refractivity contribution is 6.28. The minimum absolute atomic E-state index is 0.0779. The lowest BCUT2D eigenvalue weighted by Gasteiger charge is -2.02. The molecule has 5 heteroatoms. The van der Waals surface area contributed by atoms with Crippen LogP contribution in [-0.4, -0.2) is 7.11 Å². The Labute approximate surface area is 74.1 Å². The van der Waals surface area contributed by atoms with Gasteiger partial charge in [0.1, 0.15) is 5.75 Å². The van der Waals surface area contributed by atoms with Crippen LogP contribution in [0.2, 0.25) is 5.15 Å². The summed E-state index contributed by atoms with van der Waals surface area (Å²) in [4.78, 5) is 0. The number of nitriles is 1. The Morgan fingerprint density at radius 2 is 2.33 bits per heavy atom. The fraction of sp³-hybridized carbons (Fsp3) is 0.143. The van der Waals surface area contributed by atoms with Gasteiger partial charge in [0.05, 0.1) is 19.2 Å². The molecule has 1 heterocycles. The molecule has 0 aliphatic rings. The van der Waals surface area contributed by atoms with Crippen molar-refractivity contribution in [3.63, 3.8) is 0 Å². The maximum absolute atomic E-state index is 11.0. The summed E-state index contributed by atoms with van der Waals surface area (Å²) in [5, 5.41) is 19.4. The van der Waals surface area contributed by atoms with Crippen molar-refractivity contribution in [2.75, 3.05) is 7.11 Å². The molecular formula is C7H5ClN2O2. The molecule has 4 nitrogen and oxygen atoms in total. The number of ether oxygens (including phenoxy) is 1. The van der Waals surface area contributed by atoms with Gasteiger partial charge < -0.3 is 9.94 Å². The topological polar surface area (TPSA) is 60.0 Å². The third-order valence-electron chi connectivity index (χ3n) is 1.30. The van der Waals surface area contributed by atoms with Crippen molar-refractivity contribution in [1.82, 2.24) is 0 Å². The molecule has 0 N–H and O–H groups in total. The van der Waals surface area contributed by atoms with E-state index in [9.17, 15) is 5.21 Å². The van der Waals surface area contributed by atoms with Crippen LogP contribution in [-0.2, 0) is 0 Å². The first kappa shape index (κ1) is 8.62. The first-order valence-electron chi connectivity index (χ1n) is 3.06. The number of nitrogens with zero attached hydrogens (tertiary/aromatic N) is 2. The molecule has 1 aromatic heterocycles. The number of pyridine rings is 1. The first-order valence-corrected chi connectivity index (χ1v) is 3.44. The van der Waals surface area contributed by atoms with E-state index in [1.165, 1.54) is 19.2 Å². The van der Waals surface area contributed by atoms with Crippen LogP contribution in [0.3, 0.4) is 0 Å². The maximum atomic E-state index is 11.0. The minimum atomic E-state index is -0.0839. The summed E-state index contributed by atoms with van der Waals surface area (Å²) in [7, 11) is 1.43. The van der Waals surface area contributed by atoms with Crippen LogP contribution in [0.15, 0.2) is 12.1 Å². The van der Waals surface area contributed by atoms with Crippen LogP contribution in [0.25, 0.3) is 0 Å². The number of aromatic nitrogens is 1. The largest absolute Gasteiger partial charge is 0.617 e. The van der Waals surface area contributed by atoms with Crippen LogP contribution >= 0.6 is 11.6 Å². The lowest BCUT2D eigenvalue weighted by molar-refractivity contribution is -0.605. The van der Waals surface area contributed by atoms with Crippen molar-refractivity contribution in [1.29, 1.82) is 5.26 Å². The van der Waals surface area contributed by atoms with Gasteiger partial charge in [0.25, 0.3) is 10.8 Å². The summed E-state index contributed by atoms with van der Waals surface area (Å²) < 4.78 is 5.14. The summed E-state index contributed by atoms with van der Waals surface area (Å²) in [6.45, 7) is 0. The molecule has 0 atom stereocenters. The van der Waals surface area contributed by atoms with E-state index in [0.717, 1.165) is 0 Å². The second kappa shape index (κ2) is 3.28. The highest BCUT2D eigenvalue weighted by Gasteiger charge is 2.11. The van der Waals surface area contributed by atoms with E-state index in [4.69, 9.17) is 21.6 Å². The molecule has 0 aliphatic carbocycles. The Kier molecular flexibility index (Phi) is 2.36. The van der Waals surface area contributed by atoms with E-state index in [1.807, 2.05) is 0 Å². The predicted molar refractivity (Wildman–Crippen MR) is 41.7 cm³/mol. The van der Waals surface area contributed by atoms with Gasteiger partial charge in [-0.1, -0.05) is 0 Å². The molecule has 0 saturated carbocycles. The molecule has 0 unspecified atom stereocenters. The highest BCUT2D eigenvalue weighted by atomic mass is 35.5. The molecule has 0 amide bonds. The van der Waals surface area contributed by atoms with E-state index in [-0.39, 0.29) is 10.8 Å². The molecule has 62 valence electrons. The fourth-order valence-corrected chi connectivity index (χ4v) is 0.920. The number of methoxy groups -OCH3 is 1. The molecule has 0 aromatic carbocycles. The molecule has 0 radical (unpaired) electrons. The number of rotatable bonds is 1. The van der Waals surface area contributed by atoms with Crippen LogP contribution in [0.1, 0.15) is 5.69 Å². The molecule has 1 aromatic rings. The molecule has 0 aliphatic heterocycles. The molecule has 1 rings (SSSR count). The highest BCUT2D eigenvalue weighted by Crippen LogP contribution is 2.14. The predicted octanol–water partition coefficient (Wildman–Crippen LogP) is 0.854. The summed E-state index contributed by atoms with van der Waals surface area (Å²) in [5.74, 6) is 0.392. The summed E-state index contributed by atoms with van der Waals surface area (Å²) >= 11 is 5.50. The molecular weight excluding hydrogens is 180 g/mol. The summed E-state index contributed by atoms with van der Waals surface area (Å²) in [5.41, 5.74) is -0.0839. The zero-order chi connectivity index (χ0) is 9.14. The Morgan fingerprint density at radius 3 is 2.83 bits per heavy atom. The van der Waals surface area contributed by atoms with E-state index in [2.05, 4.69) is 0 Å². The smallest absolute Gasteiger partial charge is 0.299 e. The second-order valence-corrected chi connectivity index (χ2v) is 2.40. The maximum Gasteiger partial charge on any atom is 0.299 e. The quantitative estimate of drug-likeness (QED) is 0.369. The van der Waals surface area contributed by atoms with Gasteiger partial charge in [-0.05, 0) is 11.6 Å². The van der Waals surface area contributed by atoms with Gasteiger partial charge in [0.2, 0.25) is 0 Å². The number of halogens is 1. The monoisotopic (exact) mass is 184 g/mol. The van der Waals surface area contributed by atoms with E-state index >= 15 is 0 Å². The molecule has 0 fully saturated rings. The Hall–Kier alpha value is -1.47. The van der Waals surface area contributed by atoms with Crippen molar-refractivity contribution in [2.45, 2.75) is 0 Å². The molecule has 0 spiro atoms. The van der Waals surface area contributed by atoms with E-state index < -0.39 is 0 Å². The average Bonchev–Trinajstić information content (AvgIpc) is 2.09. The van der Waals surface area contributed by atoms with Gasteiger partial charge in [-0.2, -0.15) is 5.26 Å². The molecule has 12 heavy (non-hydrogen) atoms. The van der Waals surface area contributed by atoms with Crippen molar-refractivity contribution in [2.24, 2.45) is 0 Å². The Balaban J connectivity index is 3.31. The summed E-state index contributed by atoms with van der Waals surface area (Å²) in [6.07, 6.45) is 0. The van der Waals surface area contributed by atoms with Gasteiger partial charge in [-0.15, -0.1) is 4.73 Å². The third kappa shape index (κ3) is 1.41. The fourth-order valence-electron chi connectivity index (χ4n) is 0.722. The van der Waals surface area contributed by atoms with Crippen LogP contribution < -0.4 is 9.47 Å². The van der Waals surface area contributed by atoms with Crippen molar-refractivity contribution in [3.05, 3.63) is 28.2 Å². The van der Waals surface area contributed by atoms with Gasteiger partial charge in [0, 0.05) is 0 Å². The van der Waals surface area contributed by atoms with E-state index in [0.29, 0.717) is 10.5 Å². The minimum Gasteiger partial charge on any atom is -0.617 e. The average molecular weight is 185 g/mol. The van der Waals surface area contributed by atoms with Gasteiger partial charge in [-0.25, -0.2) is 0 Å². The third-order valence-corrected chi connectivity index (χ3v) is 1.57. The first-order chi connectivity index (χ1) is 5.69. The summed E-state index contributed by atoms with van der Waals surface area (Å²) in [6, 6.07) is 4.36. The van der Waals surface area contributed by atoms with E-state index in [1.54, 1.807) is 6.07 Å². The van der Waals surface area contributed by atoms with Crippen molar-refractivity contribution >= 4 is 11.6 Å². The second-order valence-electron chi connectivity index (χ2n) is 2.01. The molecule has 0 saturated heterocycles. The zero-order valence-corrected chi connectivity index (χ0v) is 7.00. The van der Waals surface area contributed by atoms with Gasteiger partial charge >= 0.3 is 0 Å². The lowest BCUT2D eigenvalue weighted by atomic mass is 10.3. The number of hydrogen-bond acceptors (Lipinski definition) is 3. The van der Waals surface area contributed by atoms with Crippen molar-refractivity contribution < 1.29 is 9.47 Å². The van der Waals surface area contributed by atoms with Crippen LogP contribution in [0, 0.1) is 16.5 Å². The standard InChI is InChI=1S/C7H5ClN2O2/c1-12-6-2-5(4-9)10(11)7(8)3-6/h2-3H,1H3. The Bertz CT molecular complexity index is 346. The zero-order valence-electron chi connectivity index (χ0n) is 6.24. The van der Waals surface area contributed by atoms with Crippen LogP contribution in [0.4, 0.5) is 0 Å². The normalized spacial score (nSPS) is 9.08. The van der Waals surface area contributed by atoms with Gasteiger partial charge in [0.15, 0.2) is 6.07 Å². The SMILES string of the molecule is COc1cc(Cl)[n+]([O-])c(C#N)c1. The lowest BCUT2D eigenvalue weighted by Crippen LogP contribution is -2.31.